The summed E-state index contributed by atoms with van der Waals surface area (Å²) in [6, 6.07) is 9.89. The number of hydrogen-bond donors (Lipinski definition) is 1. The number of carbonyl (C=O) groups is 1. The molecule has 1 aliphatic rings. The largest absolute Gasteiger partial charge is 0.444 e. The molecule has 1 N–H and O–H groups in total. The highest BCUT2D eigenvalue weighted by atomic mass is 19.1. The quantitative estimate of drug-likeness (QED) is 0.410. The minimum absolute atomic E-state index is 0.0287. The van der Waals surface area contributed by atoms with Crippen LogP contribution in [0.1, 0.15) is 0 Å². The second kappa shape index (κ2) is 7.37. The molecule has 9 nitrogen and oxygen atoms in total. The van der Waals surface area contributed by atoms with Crippen LogP contribution >= 0.6 is 0 Å². The summed E-state index contributed by atoms with van der Waals surface area (Å²) in [5.74, 6) is -0.523. The maximum absolute atomic E-state index is 14.9. The van der Waals surface area contributed by atoms with Crippen LogP contribution in [0.3, 0.4) is 0 Å². The number of carbonyl (C=O) groups excluding carboxylic acids is 1. The zero-order chi connectivity index (χ0) is 19.5. The van der Waals surface area contributed by atoms with Crippen molar-refractivity contribution in [3.05, 3.63) is 65.1 Å². The number of hydrogen-bond acceptors (Lipinski definition) is 5. The predicted molar refractivity (Wildman–Crippen MR) is 98.8 cm³/mol. The topological polar surface area (TPSA) is 120 Å². The number of nitrogens with zero attached hydrogens (tertiary/aromatic N) is 6. The van der Waals surface area contributed by atoms with Crippen LogP contribution in [-0.4, -0.2) is 40.5 Å². The van der Waals surface area contributed by atoms with Crippen molar-refractivity contribution < 1.29 is 13.9 Å². The van der Waals surface area contributed by atoms with Crippen molar-refractivity contribution in [3.63, 3.8) is 0 Å². The van der Waals surface area contributed by atoms with E-state index in [-0.39, 0.29) is 13.1 Å². The maximum atomic E-state index is 14.9. The van der Waals surface area contributed by atoms with Crippen LogP contribution in [0, 0.1) is 5.82 Å². The SMILES string of the molecule is [N-]=[N+]=NCC1CN(c2ccc(-c3[nH]ncc3-c3ccccn3)c(F)c2)C(=O)O1. The van der Waals surface area contributed by atoms with E-state index in [1.165, 1.54) is 11.0 Å². The molecule has 3 heterocycles. The fourth-order valence-corrected chi connectivity index (χ4v) is 3.04. The van der Waals surface area contributed by atoms with Crippen LogP contribution in [-0.2, 0) is 4.74 Å². The average molecular weight is 379 g/mol. The van der Waals surface area contributed by atoms with Crippen molar-refractivity contribution in [2.24, 2.45) is 5.11 Å². The number of pyridine rings is 1. The Morgan fingerprint density at radius 1 is 1.36 bits per heavy atom. The van der Waals surface area contributed by atoms with Gasteiger partial charge in [0.2, 0.25) is 0 Å². The number of ether oxygens (including phenoxy) is 1. The smallest absolute Gasteiger partial charge is 0.414 e. The first kappa shape index (κ1) is 17.5. The number of halogens is 1. The van der Waals surface area contributed by atoms with Crippen molar-refractivity contribution in [2.75, 3.05) is 18.0 Å². The summed E-state index contributed by atoms with van der Waals surface area (Å²) in [4.78, 5) is 20.3. The highest BCUT2D eigenvalue weighted by molar-refractivity contribution is 5.90. The number of aromatic nitrogens is 3. The second-order valence-electron chi connectivity index (χ2n) is 6.07. The summed E-state index contributed by atoms with van der Waals surface area (Å²) in [7, 11) is 0. The van der Waals surface area contributed by atoms with Gasteiger partial charge in [0.05, 0.1) is 36.4 Å². The minimum Gasteiger partial charge on any atom is -0.444 e. The molecule has 140 valence electrons. The molecule has 4 rings (SSSR count). The molecule has 0 bridgehead atoms. The van der Waals surface area contributed by atoms with Crippen molar-refractivity contribution in [2.45, 2.75) is 6.10 Å². The van der Waals surface area contributed by atoms with Crippen LogP contribution in [0.5, 0.6) is 0 Å². The molecule has 3 aromatic rings. The zero-order valence-corrected chi connectivity index (χ0v) is 14.5. The van der Waals surface area contributed by atoms with E-state index in [9.17, 15) is 9.18 Å². The molecule has 2 aromatic heterocycles. The molecular formula is C18H14FN7O2. The average Bonchev–Trinajstić information content (AvgIpc) is 3.33. The lowest BCUT2D eigenvalue weighted by Crippen LogP contribution is -2.25. The van der Waals surface area contributed by atoms with Crippen LogP contribution < -0.4 is 4.90 Å². The number of cyclic esters (lactones) is 1. The van der Waals surface area contributed by atoms with Crippen molar-refractivity contribution in [1.82, 2.24) is 15.2 Å². The van der Waals surface area contributed by atoms with Gasteiger partial charge in [-0.2, -0.15) is 5.10 Å². The lowest BCUT2D eigenvalue weighted by Gasteiger charge is -2.14. The van der Waals surface area contributed by atoms with Gasteiger partial charge in [0.15, 0.2) is 0 Å². The van der Waals surface area contributed by atoms with Gasteiger partial charge in [0, 0.05) is 22.2 Å². The van der Waals surface area contributed by atoms with Gasteiger partial charge in [-0.15, -0.1) is 0 Å². The number of anilines is 1. The number of aromatic amines is 1. The van der Waals surface area contributed by atoms with E-state index in [4.69, 9.17) is 10.3 Å². The Morgan fingerprint density at radius 2 is 2.25 bits per heavy atom. The minimum atomic E-state index is -0.610. The number of benzene rings is 1. The first-order valence-corrected chi connectivity index (χ1v) is 8.41. The van der Waals surface area contributed by atoms with Gasteiger partial charge in [0.1, 0.15) is 11.9 Å². The molecule has 1 aliphatic heterocycles. The third-order valence-corrected chi connectivity index (χ3v) is 4.34. The summed E-state index contributed by atoms with van der Waals surface area (Å²) in [6.45, 7) is 0.209. The van der Waals surface area contributed by atoms with Gasteiger partial charge in [-0.05, 0) is 35.9 Å². The van der Waals surface area contributed by atoms with Gasteiger partial charge in [-0.1, -0.05) is 11.2 Å². The Hall–Kier alpha value is -3.91. The predicted octanol–water partition coefficient (Wildman–Crippen LogP) is 3.91. The molecule has 0 radical (unpaired) electrons. The number of nitrogens with one attached hydrogen (secondary N) is 1. The lowest BCUT2D eigenvalue weighted by atomic mass is 10.0. The maximum Gasteiger partial charge on any atom is 0.414 e. The van der Waals surface area contributed by atoms with Gasteiger partial charge < -0.3 is 4.74 Å². The Labute approximate surface area is 158 Å². The molecule has 1 fully saturated rings. The van der Waals surface area contributed by atoms with Crippen molar-refractivity contribution in [3.8, 4) is 22.5 Å². The first-order valence-electron chi connectivity index (χ1n) is 8.41. The Balaban J connectivity index is 1.63. The number of rotatable bonds is 5. The Kier molecular flexibility index (Phi) is 4.61. The monoisotopic (exact) mass is 379 g/mol. The number of amides is 1. The highest BCUT2D eigenvalue weighted by Crippen LogP contribution is 2.33. The lowest BCUT2D eigenvalue weighted by molar-refractivity contribution is 0.145. The number of H-pyrrole nitrogens is 1. The summed E-state index contributed by atoms with van der Waals surface area (Å²) < 4.78 is 20.0. The Bertz CT molecular complexity index is 1060. The van der Waals surface area contributed by atoms with Crippen LogP contribution in [0.4, 0.5) is 14.9 Å². The summed E-state index contributed by atoms with van der Waals surface area (Å²) in [6.07, 6.45) is 2.07. The molecule has 1 atom stereocenters. The molecule has 1 aromatic carbocycles. The van der Waals surface area contributed by atoms with Gasteiger partial charge in [-0.25, -0.2) is 9.18 Å². The first-order chi connectivity index (χ1) is 13.7. The van der Waals surface area contributed by atoms with Gasteiger partial charge in [0.25, 0.3) is 0 Å². The normalized spacial score (nSPS) is 16.0. The molecule has 0 aliphatic carbocycles. The molecule has 1 unspecified atom stereocenters. The third-order valence-electron chi connectivity index (χ3n) is 4.34. The summed E-state index contributed by atoms with van der Waals surface area (Å²) >= 11 is 0. The summed E-state index contributed by atoms with van der Waals surface area (Å²) in [5.41, 5.74) is 10.9. The fraction of sp³-hybridized carbons (Fsp3) is 0.167. The standard InChI is InChI=1S/C18H14FN7O2/c19-15-7-11(26-10-12(8-23-25-20)28-18(26)27)4-5-13(15)17-14(9-22-24-17)16-3-1-2-6-21-16/h1-7,9,12H,8,10H2,(H,22,24). The van der Waals surface area contributed by atoms with Crippen LogP contribution in [0.15, 0.2) is 53.9 Å². The van der Waals surface area contributed by atoms with Gasteiger partial charge in [-0.3, -0.25) is 15.0 Å². The van der Waals surface area contributed by atoms with Crippen LogP contribution in [0.25, 0.3) is 33.0 Å². The second-order valence-corrected chi connectivity index (χ2v) is 6.07. The van der Waals surface area contributed by atoms with Gasteiger partial charge >= 0.3 is 6.09 Å². The van der Waals surface area contributed by atoms with Crippen molar-refractivity contribution in [1.29, 1.82) is 0 Å². The van der Waals surface area contributed by atoms with E-state index < -0.39 is 18.0 Å². The number of azide groups is 1. The summed E-state index contributed by atoms with van der Waals surface area (Å²) in [5, 5.41) is 10.2. The van der Waals surface area contributed by atoms with E-state index >= 15 is 0 Å². The Morgan fingerprint density at radius 3 is 3.00 bits per heavy atom. The van der Waals surface area contributed by atoms with Crippen LogP contribution in [0.2, 0.25) is 0 Å². The van der Waals surface area contributed by atoms with E-state index in [1.54, 1.807) is 30.6 Å². The molecule has 0 spiro atoms. The van der Waals surface area contributed by atoms with E-state index in [0.717, 1.165) is 0 Å². The van der Waals surface area contributed by atoms with Crippen molar-refractivity contribution >= 4 is 11.8 Å². The molecule has 1 saturated heterocycles. The molecule has 0 saturated carbocycles. The van der Waals surface area contributed by atoms with E-state index in [1.807, 2.05) is 12.1 Å². The molecule has 28 heavy (non-hydrogen) atoms. The molecule has 10 heteroatoms. The third kappa shape index (κ3) is 3.24. The highest BCUT2D eigenvalue weighted by Gasteiger charge is 2.32. The van der Waals surface area contributed by atoms with E-state index in [0.29, 0.717) is 28.2 Å². The molecule has 1 amide bonds. The molecular weight excluding hydrogens is 365 g/mol. The fourth-order valence-electron chi connectivity index (χ4n) is 3.04. The van der Waals surface area contributed by atoms with E-state index in [2.05, 4.69) is 25.2 Å². The zero-order valence-electron chi connectivity index (χ0n) is 14.5.